The van der Waals surface area contributed by atoms with E-state index in [1.54, 1.807) is 30.6 Å². The van der Waals surface area contributed by atoms with Crippen LogP contribution in [0.3, 0.4) is 0 Å². The topological polar surface area (TPSA) is 107 Å². The number of benzene rings is 1. The lowest BCUT2D eigenvalue weighted by Crippen LogP contribution is -2.60. The summed E-state index contributed by atoms with van der Waals surface area (Å²) in [5.41, 5.74) is 0.0671. The number of carbonyl (C=O) groups excluding carboxylic acids is 2. The molecule has 3 N–H and O–H groups in total. The Morgan fingerprint density at radius 2 is 2.06 bits per heavy atom. The zero-order valence-electron chi connectivity index (χ0n) is 21.0. The molecule has 5 rings (SSSR count). The van der Waals surface area contributed by atoms with Crippen molar-refractivity contribution in [3.63, 3.8) is 0 Å². The summed E-state index contributed by atoms with van der Waals surface area (Å²) in [6, 6.07) is 7.35. The number of carbonyl (C=O) groups is 2. The zero-order chi connectivity index (χ0) is 25.8. The Labute approximate surface area is 210 Å². The van der Waals surface area contributed by atoms with Gasteiger partial charge in [0.1, 0.15) is 17.2 Å². The molecule has 1 saturated heterocycles. The van der Waals surface area contributed by atoms with Crippen molar-refractivity contribution in [2.24, 2.45) is 11.8 Å². The minimum atomic E-state index is -0.562. The molecule has 0 radical (unpaired) electrons. The molecule has 4 atom stereocenters. The van der Waals surface area contributed by atoms with Crippen LogP contribution < -0.4 is 15.4 Å². The first-order valence-corrected chi connectivity index (χ1v) is 12.3. The fourth-order valence-corrected chi connectivity index (χ4v) is 5.59. The minimum absolute atomic E-state index is 0.0262. The van der Waals surface area contributed by atoms with Gasteiger partial charge in [-0.15, -0.1) is 0 Å². The third-order valence-corrected chi connectivity index (χ3v) is 7.21. The van der Waals surface area contributed by atoms with Crippen LogP contribution in [0.1, 0.15) is 70.2 Å². The molecule has 1 aliphatic carbocycles. The average Bonchev–Trinajstić information content (AvgIpc) is 3.55. The SMILES string of the molecule is CC1(C)CC(=O)N([C@H](c2cccnc2)[C@@H]2C[C@H]2C(=O)NC2CC(C)(C)Oc3cccc(F)c32)C(=N)N1. The van der Waals surface area contributed by atoms with E-state index in [1.807, 2.05) is 33.8 Å². The molecule has 8 nitrogen and oxygen atoms in total. The Morgan fingerprint density at radius 1 is 1.28 bits per heavy atom. The third-order valence-electron chi connectivity index (χ3n) is 7.21. The number of nitrogens with zero attached hydrogens (tertiary/aromatic N) is 2. The van der Waals surface area contributed by atoms with Crippen molar-refractivity contribution in [1.29, 1.82) is 5.41 Å². The molecule has 36 heavy (non-hydrogen) atoms. The predicted molar refractivity (Wildman–Crippen MR) is 132 cm³/mol. The van der Waals surface area contributed by atoms with Crippen LogP contribution in [0.2, 0.25) is 0 Å². The Bertz CT molecular complexity index is 1200. The van der Waals surface area contributed by atoms with E-state index in [0.29, 0.717) is 24.2 Å². The van der Waals surface area contributed by atoms with Gasteiger partial charge in [-0.1, -0.05) is 12.1 Å². The highest BCUT2D eigenvalue weighted by molar-refractivity contribution is 5.99. The summed E-state index contributed by atoms with van der Waals surface area (Å²) in [5, 5.41) is 14.8. The van der Waals surface area contributed by atoms with Gasteiger partial charge in [-0.25, -0.2) is 4.39 Å². The van der Waals surface area contributed by atoms with E-state index < -0.39 is 29.0 Å². The lowest BCUT2D eigenvalue weighted by molar-refractivity contribution is -0.133. The zero-order valence-corrected chi connectivity index (χ0v) is 21.0. The normalized spacial score (nSPS) is 26.8. The van der Waals surface area contributed by atoms with Crippen LogP contribution in [0.5, 0.6) is 5.75 Å². The summed E-state index contributed by atoms with van der Waals surface area (Å²) in [7, 11) is 0. The molecule has 190 valence electrons. The van der Waals surface area contributed by atoms with Crippen LogP contribution in [-0.2, 0) is 9.59 Å². The third kappa shape index (κ3) is 4.54. The van der Waals surface area contributed by atoms with Gasteiger partial charge in [0.25, 0.3) is 0 Å². The molecular weight excluding hydrogens is 461 g/mol. The van der Waals surface area contributed by atoms with Crippen LogP contribution >= 0.6 is 0 Å². The van der Waals surface area contributed by atoms with E-state index in [4.69, 9.17) is 10.1 Å². The fraction of sp³-hybridized carbons (Fsp3) is 0.481. The highest BCUT2D eigenvalue weighted by Gasteiger charge is 2.54. The van der Waals surface area contributed by atoms with Crippen LogP contribution in [0, 0.1) is 23.1 Å². The Hall–Kier alpha value is -3.49. The van der Waals surface area contributed by atoms with E-state index in [1.165, 1.54) is 11.0 Å². The number of nitrogens with one attached hydrogen (secondary N) is 3. The maximum Gasteiger partial charge on any atom is 0.232 e. The molecule has 3 aliphatic rings. The lowest BCUT2D eigenvalue weighted by Gasteiger charge is -2.42. The van der Waals surface area contributed by atoms with Gasteiger partial charge in [0, 0.05) is 36.7 Å². The van der Waals surface area contributed by atoms with Gasteiger partial charge >= 0.3 is 0 Å². The van der Waals surface area contributed by atoms with E-state index in [-0.39, 0.29) is 36.0 Å². The summed E-state index contributed by atoms with van der Waals surface area (Å²) < 4.78 is 20.7. The molecule has 1 unspecified atom stereocenters. The number of aromatic nitrogens is 1. The van der Waals surface area contributed by atoms with Crippen LogP contribution in [0.25, 0.3) is 0 Å². The smallest absolute Gasteiger partial charge is 0.232 e. The van der Waals surface area contributed by atoms with Gasteiger partial charge in [0.15, 0.2) is 5.96 Å². The average molecular weight is 494 g/mol. The number of guanidine groups is 1. The first-order chi connectivity index (χ1) is 17.0. The summed E-state index contributed by atoms with van der Waals surface area (Å²) in [4.78, 5) is 32.3. The quantitative estimate of drug-likeness (QED) is 0.587. The van der Waals surface area contributed by atoms with Crippen molar-refractivity contribution in [1.82, 2.24) is 20.5 Å². The number of pyridine rings is 1. The standard InChI is InChI=1S/C27H32FN5O3/c1-26(2)13-21(34)33(25(29)32-26)23(15-7-6-10-30-14-15)16-11-17(16)24(35)31-19-12-27(3,4)36-20-9-5-8-18(28)22(19)20/h5-10,14,16-17,19,23H,11-13H2,1-4H3,(H2,29,32)(H,31,35)/t16-,17-,19?,23-/m1/s1. The Morgan fingerprint density at radius 3 is 2.75 bits per heavy atom. The van der Waals surface area contributed by atoms with E-state index >= 15 is 0 Å². The summed E-state index contributed by atoms with van der Waals surface area (Å²) >= 11 is 0. The number of hydrogen-bond acceptors (Lipinski definition) is 5. The number of hydrogen-bond donors (Lipinski definition) is 3. The molecule has 2 aromatic rings. The van der Waals surface area contributed by atoms with E-state index in [9.17, 15) is 14.0 Å². The van der Waals surface area contributed by atoms with Gasteiger partial charge in [0.05, 0.1) is 17.6 Å². The lowest BCUT2D eigenvalue weighted by atomic mass is 9.89. The number of fused-ring (bicyclic) bond motifs is 1. The van der Waals surface area contributed by atoms with Crippen molar-refractivity contribution < 1.29 is 18.7 Å². The summed E-state index contributed by atoms with van der Waals surface area (Å²) in [6.45, 7) is 7.60. The van der Waals surface area contributed by atoms with E-state index in [0.717, 1.165) is 5.56 Å². The van der Waals surface area contributed by atoms with Crippen molar-refractivity contribution in [3.05, 3.63) is 59.7 Å². The number of rotatable bonds is 5. The Kier molecular flexibility index (Phi) is 5.76. The second-order valence-corrected chi connectivity index (χ2v) is 11.3. The van der Waals surface area contributed by atoms with Crippen molar-refractivity contribution in [2.45, 2.75) is 70.2 Å². The monoisotopic (exact) mass is 493 g/mol. The van der Waals surface area contributed by atoms with Crippen molar-refractivity contribution in [3.8, 4) is 5.75 Å². The molecule has 9 heteroatoms. The van der Waals surface area contributed by atoms with Gasteiger partial charge in [-0.2, -0.15) is 0 Å². The van der Waals surface area contributed by atoms with Gasteiger partial charge in [-0.3, -0.25) is 24.9 Å². The first kappa shape index (κ1) is 24.2. The molecule has 1 aromatic carbocycles. The van der Waals surface area contributed by atoms with Gasteiger partial charge in [-0.05, 0) is 63.8 Å². The van der Waals surface area contributed by atoms with Crippen molar-refractivity contribution in [2.75, 3.05) is 0 Å². The first-order valence-electron chi connectivity index (χ1n) is 12.3. The molecule has 0 spiro atoms. The maximum absolute atomic E-state index is 14.7. The minimum Gasteiger partial charge on any atom is -0.487 e. The van der Waals surface area contributed by atoms with Crippen LogP contribution in [0.4, 0.5) is 4.39 Å². The molecule has 2 fully saturated rings. The molecule has 3 heterocycles. The van der Waals surface area contributed by atoms with Crippen LogP contribution in [-0.4, -0.2) is 38.8 Å². The second-order valence-electron chi connectivity index (χ2n) is 11.3. The number of ether oxygens (including phenoxy) is 1. The largest absolute Gasteiger partial charge is 0.487 e. The predicted octanol–water partition coefficient (Wildman–Crippen LogP) is 3.85. The van der Waals surface area contributed by atoms with Crippen molar-refractivity contribution >= 4 is 17.8 Å². The summed E-state index contributed by atoms with van der Waals surface area (Å²) in [6.07, 6.45) is 4.57. The summed E-state index contributed by atoms with van der Waals surface area (Å²) in [5.74, 6) is -0.839. The van der Waals surface area contributed by atoms with E-state index in [2.05, 4.69) is 15.6 Å². The highest BCUT2D eigenvalue weighted by atomic mass is 19.1. The number of amides is 2. The maximum atomic E-state index is 14.7. The fourth-order valence-electron chi connectivity index (χ4n) is 5.59. The Balaban J connectivity index is 1.39. The van der Waals surface area contributed by atoms with Gasteiger partial charge in [0.2, 0.25) is 11.8 Å². The number of halogens is 1. The van der Waals surface area contributed by atoms with Crippen LogP contribution in [0.15, 0.2) is 42.7 Å². The molecule has 1 saturated carbocycles. The molecular formula is C27H32FN5O3. The second kappa shape index (κ2) is 8.57. The molecule has 2 aliphatic heterocycles. The molecule has 1 aromatic heterocycles. The van der Waals surface area contributed by atoms with Gasteiger partial charge < -0.3 is 15.4 Å². The highest BCUT2D eigenvalue weighted by Crippen LogP contribution is 2.51. The molecule has 0 bridgehead atoms. The molecule has 2 amide bonds.